The van der Waals surface area contributed by atoms with Crippen molar-refractivity contribution in [2.75, 3.05) is 13.1 Å². The Labute approximate surface area is 210 Å². The quantitative estimate of drug-likeness (QED) is 0.340. The van der Waals surface area contributed by atoms with Crippen LogP contribution in [0.4, 0.5) is 4.79 Å². The zero-order valence-electron chi connectivity index (χ0n) is 22.5. The summed E-state index contributed by atoms with van der Waals surface area (Å²) in [5.74, 6) is -0.715. The molecule has 0 aliphatic carbocycles. The Morgan fingerprint density at radius 1 is 1.03 bits per heavy atom. The Kier molecular flexibility index (Phi) is 12.6. The average Bonchev–Trinajstić information content (AvgIpc) is 2.79. The van der Waals surface area contributed by atoms with E-state index in [1.807, 2.05) is 27.7 Å². The van der Waals surface area contributed by atoms with E-state index in [9.17, 15) is 19.5 Å². The standard InChI is InChI=1S/C27H45N3O5/c1-8-11-17-28-24(32)23(20-13-15-21(31)16-14-20)30(18-12-9-2)25(33)22(19(4)10-3)29-26(34)35-27(5,6)7/h13-16,19,22-23,31H,8-12,17-18H2,1-7H3,(H,28,32)(H,29,34). The number of phenols is 1. The minimum absolute atomic E-state index is 0.0781. The lowest BCUT2D eigenvalue weighted by atomic mass is 9.95. The van der Waals surface area contributed by atoms with Gasteiger partial charge in [-0.25, -0.2) is 4.79 Å². The van der Waals surface area contributed by atoms with E-state index >= 15 is 0 Å². The summed E-state index contributed by atoms with van der Waals surface area (Å²) in [5.41, 5.74) is -0.107. The molecule has 0 saturated carbocycles. The summed E-state index contributed by atoms with van der Waals surface area (Å²) in [5, 5.41) is 15.5. The number of aromatic hydroxyl groups is 1. The predicted octanol–water partition coefficient (Wildman–Crippen LogP) is 4.92. The zero-order chi connectivity index (χ0) is 26.6. The fraction of sp³-hybridized carbons (Fsp3) is 0.667. The molecule has 1 aromatic rings. The minimum Gasteiger partial charge on any atom is -0.508 e. The maximum absolute atomic E-state index is 14.0. The van der Waals surface area contributed by atoms with E-state index < -0.39 is 23.8 Å². The van der Waals surface area contributed by atoms with Crippen LogP contribution < -0.4 is 10.6 Å². The molecule has 8 heteroatoms. The first-order valence-corrected chi connectivity index (χ1v) is 12.8. The van der Waals surface area contributed by atoms with Gasteiger partial charge in [-0.15, -0.1) is 0 Å². The number of hydrogen-bond acceptors (Lipinski definition) is 5. The number of phenolic OH excluding ortho intramolecular Hbond substituents is 1. The van der Waals surface area contributed by atoms with E-state index in [1.54, 1.807) is 37.8 Å². The molecule has 8 nitrogen and oxygen atoms in total. The largest absolute Gasteiger partial charge is 0.508 e. The van der Waals surface area contributed by atoms with Crippen molar-refractivity contribution < 1.29 is 24.2 Å². The van der Waals surface area contributed by atoms with Crippen molar-refractivity contribution in [3.8, 4) is 5.75 Å². The second-order valence-corrected chi connectivity index (χ2v) is 10.0. The molecule has 35 heavy (non-hydrogen) atoms. The fourth-order valence-corrected chi connectivity index (χ4v) is 3.61. The normalized spacial score (nSPS) is 13.9. The predicted molar refractivity (Wildman–Crippen MR) is 138 cm³/mol. The summed E-state index contributed by atoms with van der Waals surface area (Å²) >= 11 is 0. The van der Waals surface area contributed by atoms with Gasteiger partial charge >= 0.3 is 6.09 Å². The Morgan fingerprint density at radius 2 is 1.63 bits per heavy atom. The molecule has 3 unspecified atom stereocenters. The van der Waals surface area contributed by atoms with Crippen LogP contribution in [0.15, 0.2) is 24.3 Å². The van der Waals surface area contributed by atoms with Gasteiger partial charge in [-0.1, -0.05) is 59.1 Å². The third-order valence-corrected chi connectivity index (χ3v) is 5.79. The molecule has 0 aliphatic rings. The highest BCUT2D eigenvalue weighted by Gasteiger charge is 2.37. The number of rotatable bonds is 13. The van der Waals surface area contributed by atoms with Crippen LogP contribution in [0, 0.1) is 5.92 Å². The van der Waals surface area contributed by atoms with Crippen molar-refractivity contribution >= 4 is 17.9 Å². The molecule has 1 aromatic carbocycles. The minimum atomic E-state index is -0.890. The van der Waals surface area contributed by atoms with Gasteiger partial charge in [0.15, 0.2) is 0 Å². The molecule has 0 heterocycles. The number of alkyl carbamates (subject to hydrolysis) is 1. The highest BCUT2D eigenvalue weighted by molar-refractivity contribution is 5.92. The van der Waals surface area contributed by atoms with E-state index in [4.69, 9.17) is 4.74 Å². The fourth-order valence-electron chi connectivity index (χ4n) is 3.61. The molecule has 0 aromatic heterocycles. The molecule has 3 N–H and O–H groups in total. The maximum Gasteiger partial charge on any atom is 0.408 e. The summed E-state index contributed by atoms with van der Waals surface area (Å²) in [6.07, 6.45) is 3.27. The van der Waals surface area contributed by atoms with Gasteiger partial charge in [-0.2, -0.15) is 0 Å². The number of benzene rings is 1. The molecule has 0 bridgehead atoms. The molecule has 1 rings (SSSR count). The van der Waals surface area contributed by atoms with E-state index in [1.165, 1.54) is 12.1 Å². The number of amides is 3. The smallest absolute Gasteiger partial charge is 0.408 e. The Balaban J connectivity index is 3.42. The van der Waals surface area contributed by atoms with Gasteiger partial charge in [-0.05, 0) is 57.2 Å². The Morgan fingerprint density at radius 3 is 2.14 bits per heavy atom. The first-order valence-electron chi connectivity index (χ1n) is 12.8. The van der Waals surface area contributed by atoms with Gasteiger partial charge in [0, 0.05) is 13.1 Å². The van der Waals surface area contributed by atoms with Crippen LogP contribution in [-0.4, -0.2) is 52.6 Å². The number of carbonyl (C=O) groups excluding carboxylic acids is 3. The second kappa shape index (κ2) is 14.6. The van der Waals surface area contributed by atoms with Crippen LogP contribution >= 0.6 is 0 Å². The summed E-state index contributed by atoms with van der Waals surface area (Å²) in [4.78, 5) is 41.6. The second-order valence-electron chi connectivity index (χ2n) is 10.0. The lowest BCUT2D eigenvalue weighted by Gasteiger charge is -2.36. The van der Waals surface area contributed by atoms with Crippen LogP contribution in [0.5, 0.6) is 5.75 Å². The summed E-state index contributed by atoms with van der Waals surface area (Å²) in [6, 6.07) is 4.59. The molecule has 0 aliphatic heterocycles. The number of nitrogens with one attached hydrogen (secondary N) is 2. The van der Waals surface area contributed by atoms with Crippen molar-refractivity contribution in [3.63, 3.8) is 0 Å². The van der Waals surface area contributed by atoms with Crippen LogP contribution in [0.1, 0.15) is 92.2 Å². The van der Waals surface area contributed by atoms with Crippen molar-refractivity contribution in [2.45, 2.75) is 98.3 Å². The highest BCUT2D eigenvalue weighted by Crippen LogP contribution is 2.26. The van der Waals surface area contributed by atoms with Gasteiger partial charge in [0.05, 0.1) is 0 Å². The van der Waals surface area contributed by atoms with Crippen molar-refractivity contribution in [2.24, 2.45) is 5.92 Å². The number of unbranched alkanes of at least 4 members (excludes halogenated alkanes) is 2. The monoisotopic (exact) mass is 491 g/mol. The molecule has 3 amide bonds. The van der Waals surface area contributed by atoms with Gasteiger partial charge in [-0.3, -0.25) is 9.59 Å². The van der Waals surface area contributed by atoms with Crippen LogP contribution in [0.2, 0.25) is 0 Å². The molecule has 0 fully saturated rings. The number of ether oxygens (including phenoxy) is 1. The summed E-state index contributed by atoms with van der Waals surface area (Å²) < 4.78 is 5.42. The highest BCUT2D eigenvalue weighted by atomic mass is 16.6. The maximum atomic E-state index is 14.0. The Hall–Kier alpha value is -2.77. The zero-order valence-corrected chi connectivity index (χ0v) is 22.5. The van der Waals surface area contributed by atoms with Crippen LogP contribution in [-0.2, 0) is 14.3 Å². The van der Waals surface area contributed by atoms with Crippen molar-refractivity contribution in [1.82, 2.24) is 15.5 Å². The van der Waals surface area contributed by atoms with Crippen LogP contribution in [0.3, 0.4) is 0 Å². The first-order chi connectivity index (χ1) is 16.4. The van der Waals surface area contributed by atoms with Crippen LogP contribution in [0.25, 0.3) is 0 Å². The molecule has 198 valence electrons. The average molecular weight is 492 g/mol. The van der Waals surface area contributed by atoms with E-state index in [0.29, 0.717) is 31.5 Å². The molecular formula is C27H45N3O5. The molecule has 3 atom stereocenters. The summed E-state index contributed by atoms with van der Waals surface area (Å²) in [7, 11) is 0. The van der Waals surface area contributed by atoms with Gasteiger partial charge in [0.2, 0.25) is 11.8 Å². The lowest BCUT2D eigenvalue weighted by Crippen LogP contribution is -2.55. The summed E-state index contributed by atoms with van der Waals surface area (Å²) in [6.45, 7) is 14.1. The SMILES string of the molecule is CCCCNC(=O)C(c1ccc(O)cc1)N(CCCC)C(=O)C(NC(=O)OC(C)(C)C)C(C)CC. The first kappa shape index (κ1) is 30.3. The number of hydrogen-bond donors (Lipinski definition) is 3. The van der Waals surface area contributed by atoms with E-state index in [2.05, 4.69) is 10.6 Å². The number of nitrogens with zero attached hydrogens (tertiary/aromatic N) is 1. The van der Waals surface area contributed by atoms with E-state index in [-0.39, 0.29) is 23.5 Å². The molecular weight excluding hydrogens is 446 g/mol. The van der Waals surface area contributed by atoms with Gasteiger partial charge in [0.25, 0.3) is 0 Å². The lowest BCUT2D eigenvalue weighted by molar-refractivity contribution is -0.143. The topological polar surface area (TPSA) is 108 Å². The number of carbonyl (C=O) groups is 3. The Bertz CT molecular complexity index is 804. The van der Waals surface area contributed by atoms with Gasteiger partial charge < -0.3 is 25.4 Å². The van der Waals surface area contributed by atoms with E-state index in [0.717, 1.165) is 19.3 Å². The van der Waals surface area contributed by atoms with Crippen molar-refractivity contribution in [3.05, 3.63) is 29.8 Å². The third kappa shape index (κ3) is 10.2. The molecule has 0 spiro atoms. The van der Waals surface area contributed by atoms with Gasteiger partial charge in [0.1, 0.15) is 23.4 Å². The molecule has 0 radical (unpaired) electrons. The van der Waals surface area contributed by atoms with Crippen molar-refractivity contribution in [1.29, 1.82) is 0 Å². The third-order valence-electron chi connectivity index (χ3n) is 5.79. The molecule has 0 saturated heterocycles.